The highest BCUT2D eigenvalue weighted by atomic mass is 35.5. The van der Waals surface area contributed by atoms with Gasteiger partial charge in [0.1, 0.15) is 6.61 Å². The molecule has 176 valence electrons. The lowest BCUT2D eigenvalue weighted by Crippen LogP contribution is -2.27. The summed E-state index contributed by atoms with van der Waals surface area (Å²) in [6.45, 7) is 2.33. The fourth-order valence-corrected chi connectivity index (χ4v) is 4.64. The summed E-state index contributed by atoms with van der Waals surface area (Å²) in [6.07, 6.45) is 1.61. The average Bonchev–Trinajstić information content (AvgIpc) is 3.11. The van der Waals surface area contributed by atoms with Gasteiger partial charge in [-0.25, -0.2) is 0 Å². The summed E-state index contributed by atoms with van der Waals surface area (Å²) in [7, 11) is 1.49. The van der Waals surface area contributed by atoms with Crippen LogP contribution in [0, 0.1) is 18.3 Å². The van der Waals surface area contributed by atoms with Gasteiger partial charge in [0.25, 0.3) is 11.1 Å². The van der Waals surface area contributed by atoms with Crippen molar-refractivity contribution in [1.82, 2.24) is 4.90 Å². The number of benzene rings is 3. The number of aryl methyl sites for hydroxylation is 1. The highest BCUT2D eigenvalue weighted by Crippen LogP contribution is 2.39. The summed E-state index contributed by atoms with van der Waals surface area (Å²) in [4.78, 5) is 27.0. The number of hydrogen-bond acceptors (Lipinski definition) is 6. The van der Waals surface area contributed by atoms with E-state index in [0.29, 0.717) is 27.5 Å². The lowest BCUT2D eigenvalue weighted by Gasteiger charge is -2.14. The van der Waals surface area contributed by atoms with Crippen molar-refractivity contribution < 1.29 is 19.1 Å². The number of thioether (sulfide) groups is 1. The Kier molecular flexibility index (Phi) is 7.45. The van der Waals surface area contributed by atoms with E-state index in [4.69, 9.17) is 21.1 Å². The van der Waals surface area contributed by atoms with Gasteiger partial charge in [0.15, 0.2) is 11.5 Å². The fraction of sp³-hybridized carbons (Fsp3) is 0.148. The van der Waals surface area contributed by atoms with E-state index in [1.54, 1.807) is 36.4 Å². The predicted octanol–water partition coefficient (Wildman–Crippen LogP) is 6.34. The minimum atomic E-state index is -0.357. The first kappa shape index (κ1) is 24.4. The van der Waals surface area contributed by atoms with Gasteiger partial charge in [0.2, 0.25) is 0 Å². The van der Waals surface area contributed by atoms with Gasteiger partial charge >= 0.3 is 0 Å². The van der Waals surface area contributed by atoms with Gasteiger partial charge in [-0.2, -0.15) is 5.26 Å². The van der Waals surface area contributed by atoms with Crippen LogP contribution in [0.15, 0.2) is 65.6 Å². The molecule has 0 bridgehead atoms. The number of ether oxygens (including phenoxy) is 2. The van der Waals surface area contributed by atoms with Gasteiger partial charge in [-0.15, -0.1) is 0 Å². The standard InChI is InChI=1S/C27H21ClN2O4S/c1-17-7-9-18(10-8-17)15-30-26(31)24(35-27(30)32)13-19-11-22(28)25(23(12-19)33-2)34-16-21-6-4-3-5-20(21)14-29/h3-13H,15-16H2,1-2H3/b24-13-. The molecule has 3 aromatic rings. The Hall–Kier alpha value is -3.73. The molecule has 1 aliphatic rings. The maximum absolute atomic E-state index is 12.9. The molecule has 6 nitrogen and oxygen atoms in total. The average molecular weight is 505 g/mol. The Morgan fingerprint density at radius 3 is 2.57 bits per heavy atom. The Morgan fingerprint density at radius 2 is 1.86 bits per heavy atom. The maximum atomic E-state index is 12.9. The lowest BCUT2D eigenvalue weighted by molar-refractivity contribution is -0.123. The van der Waals surface area contributed by atoms with Crippen LogP contribution < -0.4 is 9.47 Å². The Balaban J connectivity index is 1.54. The second-order valence-corrected chi connectivity index (χ2v) is 9.25. The van der Waals surface area contributed by atoms with E-state index in [1.165, 1.54) is 12.0 Å². The molecule has 0 unspecified atom stereocenters. The largest absolute Gasteiger partial charge is 0.493 e. The fourth-order valence-electron chi connectivity index (χ4n) is 3.53. The van der Waals surface area contributed by atoms with Crippen LogP contribution in [0.3, 0.4) is 0 Å². The zero-order chi connectivity index (χ0) is 24.9. The van der Waals surface area contributed by atoms with E-state index >= 15 is 0 Å². The van der Waals surface area contributed by atoms with Crippen molar-refractivity contribution in [2.75, 3.05) is 7.11 Å². The molecule has 0 aromatic heterocycles. The van der Waals surface area contributed by atoms with Crippen LogP contribution in [0.4, 0.5) is 4.79 Å². The molecule has 0 aliphatic carbocycles. The van der Waals surface area contributed by atoms with E-state index < -0.39 is 0 Å². The highest BCUT2D eigenvalue weighted by Gasteiger charge is 2.35. The van der Waals surface area contributed by atoms with Crippen LogP contribution in [0.25, 0.3) is 6.08 Å². The number of halogens is 1. The second kappa shape index (κ2) is 10.7. The van der Waals surface area contributed by atoms with Crippen molar-refractivity contribution in [1.29, 1.82) is 5.26 Å². The molecule has 0 radical (unpaired) electrons. The number of nitriles is 1. The molecule has 8 heteroatoms. The molecular weight excluding hydrogens is 484 g/mol. The number of methoxy groups -OCH3 is 1. The van der Waals surface area contributed by atoms with Gasteiger partial charge in [-0.05, 0) is 54.1 Å². The molecule has 1 heterocycles. The third kappa shape index (κ3) is 5.51. The molecule has 0 saturated carbocycles. The Labute approximate surface area is 212 Å². The van der Waals surface area contributed by atoms with Crippen LogP contribution in [0.2, 0.25) is 5.02 Å². The summed E-state index contributed by atoms with van der Waals surface area (Å²) in [5, 5.41) is 9.23. The van der Waals surface area contributed by atoms with Crippen LogP contribution >= 0.6 is 23.4 Å². The smallest absolute Gasteiger partial charge is 0.293 e. The first-order valence-corrected chi connectivity index (χ1v) is 11.9. The highest BCUT2D eigenvalue weighted by molar-refractivity contribution is 8.18. The van der Waals surface area contributed by atoms with Crippen molar-refractivity contribution in [2.45, 2.75) is 20.1 Å². The number of nitrogens with zero attached hydrogens (tertiary/aromatic N) is 2. The quantitative estimate of drug-likeness (QED) is 0.349. The van der Waals surface area contributed by atoms with E-state index in [1.807, 2.05) is 37.3 Å². The summed E-state index contributed by atoms with van der Waals surface area (Å²) >= 11 is 7.37. The number of amides is 2. The van der Waals surface area contributed by atoms with E-state index in [-0.39, 0.29) is 29.3 Å². The van der Waals surface area contributed by atoms with E-state index in [9.17, 15) is 14.9 Å². The lowest BCUT2D eigenvalue weighted by atomic mass is 10.1. The zero-order valence-electron chi connectivity index (χ0n) is 19.1. The number of imide groups is 1. The van der Waals surface area contributed by atoms with Gasteiger partial charge in [-0.1, -0.05) is 59.6 Å². The SMILES string of the molecule is COc1cc(/C=C2\SC(=O)N(Cc3ccc(C)cc3)C2=O)cc(Cl)c1OCc1ccccc1C#N. The topological polar surface area (TPSA) is 79.6 Å². The third-order valence-electron chi connectivity index (χ3n) is 5.39. The monoisotopic (exact) mass is 504 g/mol. The summed E-state index contributed by atoms with van der Waals surface area (Å²) in [6, 6.07) is 20.3. The Bertz CT molecular complexity index is 1360. The van der Waals surface area contributed by atoms with Crippen molar-refractivity contribution in [3.05, 3.63) is 98.4 Å². The first-order valence-electron chi connectivity index (χ1n) is 10.7. The van der Waals surface area contributed by atoms with Gasteiger partial charge in [-0.3, -0.25) is 14.5 Å². The molecule has 0 spiro atoms. The van der Waals surface area contributed by atoms with Crippen molar-refractivity contribution in [2.24, 2.45) is 0 Å². The molecule has 0 N–H and O–H groups in total. The Morgan fingerprint density at radius 1 is 1.11 bits per heavy atom. The minimum absolute atomic E-state index is 0.136. The van der Waals surface area contributed by atoms with E-state index in [0.717, 1.165) is 28.5 Å². The van der Waals surface area contributed by atoms with E-state index in [2.05, 4.69) is 6.07 Å². The maximum Gasteiger partial charge on any atom is 0.293 e. The molecule has 0 atom stereocenters. The summed E-state index contributed by atoms with van der Waals surface area (Å²) < 4.78 is 11.3. The molecule has 2 amide bonds. The normalized spacial score (nSPS) is 14.3. The van der Waals surface area contributed by atoms with Gasteiger partial charge in [0, 0.05) is 5.56 Å². The van der Waals surface area contributed by atoms with Crippen LogP contribution in [0.5, 0.6) is 11.5 Å². The molecule has 1 saturated heterocycles. The third-order valence-corrected chi connectivity index (χ3v) is 6.58. The van der Waals surface area contributed by atoms with Crippen molar-refractivity contribution in [3.8, 4) is 17.6 Å². The molecule has 1 fully saturated rings. The van der Waals surface area contributed by atoms with Crippen LogP contribution in [-0.4, -0.2) is 23.2 Å². The number of carbonyl (C=O) groups excluding carboxylic acids is 2. The molecule has 3 aromatic carbocycles. The molecule has 35 heavy (non-hydrogen) atoms. The zero-order valence-corrected chi connectivity index (χ0v) is 20.7. The summed E-state index contributed by atoms with van der Waals surface area (Å²) in [5.74, 6) is 0.340. The van der Waals surface area contributed by atoms with Gasteiger partial charge in [0.05, 0.1) is 35.2 Å². The van der Waals surface area contributed by atoms with Crippen LogP contribution in [-0.2, 0) is 17.9 Å². The molecule has 4 rings (SSSR count). The number of rotatable bonds is 7. The van der Waals surface area contributed by atoms with Crippen molar-refractivity contribution >= 4 is 40.6 Å². The van der Waals surface area contributed by atoms with Gasteiger partial charge < -0.3 is 9.47 Å². The first-order chi connectivity index (χ1) is 16.9. The molecule has 1 aliphatic heterocycles. The van der Waals surface area contributed by atoms with Crippen LogP contribution in [0.1, 0.15) is 27.8 Å². The molecular formula is C27H21ClN2O4S. The predicted molar refractivity (Wildman–Crippen MR) is 136 cm³/mol. The number of hydrogen-bond donors (Lipinski definition) is 0. The number of carbonyl (C=O) groups is 2. The second-order valence-electron chi connectivity index (χ2n) is 7.85. The summed E-state index contributed by atoms with van der Waals surface area (Å²) in [5.41, 5.74) is 3.82. The van der Waals surface area contributed by atoms with Crippen molar-refractivity contribution in [3.63, 3.8) is 0 Å². The minimum Gasteiger partial charge on any atom is -0.493 e.